The Hall–Kier alpha value is -2.29. The molecule has 1 aromatic carbocycles. The standard InChI is InChI=1S/C16H21N5O2S/c1-21(9-14-10-24-11-19-14)8-12-3-2-4-13(5-12)20-16(23)7-18-15(22)6-17/h2-5,10-11H,6-9,17H2,1H3,(H,18,22)(H,20,23). The average Bonchev–Trinajstić information content (AvgIpc) is 3.05. The van der Waals surface area contributed by atoms with Crippen molar-refractivity contribution in [3.05, 3.63) is 46.4 Å². The number of carbonyl (C=O) groups excluding carboxylic acids is 2. The SMILES string of the molecule is CN(Cc1cccc(NC(=O)CNC(=O)CN)c1)Cc1cscn1. The van der Waals surface area contributed by atoms with Crippen LogP contribution < -0.4 is 16.4 Å². The summed E-state index contributed by atoms with van der Waals surface area (Å²) in [6.45, 7) is 1.29. The van der Waals surface area contributed by atoms with Crippen LogP contribution in [-0.2, 0) is 22.7 Å². The van der Waals surface area contributed by atoms with Gasteiger partial charge in [0.05, 0.1) is 24.3 Å². The summed E-state index contributed by atoms with van der Waals surface area (Å²) in [5.74, 6) is -0.646. The number of nitrogens with two attached hydrogens (primary N) is 1. The highest BCUT2D eigenvalue weighted by molar-refractivity contribution is 7.07. The number of nitrogens with one attached hydrogen (secondary N) is 2. The van der Waals surface area contributed by atoms with Crippen molar-refractivity contribution in [2.45, 2.75) is 13.1 Å². The molecule has 0 unspecified atom stereocenters. The molecule has 0 aliphatic heterocycles. The first-order valence-electron chi connectivity index (χ1n) is 7.48. The molecule has 2 aromatic rings. The van der Waals surface area contributed by atoms with Crippen LogP contribution in [0.2, 0.25) is 0 Å². The number of benzene rings is 1. The van der Waals surface area contributed by atoms with E-state index in [2.05, 4.69) is 20.5 Å². The van der Waals surface area contributed by atoms with Crippen molar-refractivity contribution in [3.63, 3.8) is 0 Å². The predicted octanol–water partition coefficient (Wildman–Crippen LogP) is 0.789. The maximum Gasteiger partial charge on any atom is 0.243 e. The number of thiazole rings is 1. The topological polar surface area (TPSA) is 100 Å². The zero-order chi connectivity index (χ0) is 17.4. The maximum absolute atomic E-state index is 11.8. The van der Waals surface area contributed by atoms with Crippen LogP contribution in [-0.4, -0.2) is 41.8 Å². The van der Waals surface area contributed by atoms with Gasteiger partial charge in [0.25, 0.3) is 0 Å². The molecule has 7 nitrogen and oxygen atoms in total. The van der Waals surface area contributed by atoms with Gasteiger partial charge in [-0.25, -0.2) is 4.98 Å². The minimum absolute atomic E-state index is 0.0933. The summed E-state index contributed by atoms with van der Waals surface area (Å²) in [7, 11) is 2.02. The summed E-state index contributed by atoms with van der Waals surface area (Å²) in [6.07, 6.45) is 0. The van der Waals surface area contributed by atoms with Crippen molar-refractivity contribution in [1.29, 1.82) is 0 Å². The Bertz CT molecular complexity index is 675. The largest absolute Gasteiger partial charge is 0.346 e. The highest BCUT2D eigenvalue weighted by atomic mass is 32.1. The van der Waals surface area contributed by atoms with E-state index in [1.807, 2.05) is 42.2 Å². The molecule has 8 heteroatoms. The second kappa shape index (κ2) is 9.11. The van der Waals surface area contributed by atoms with Crippen LogP contribution in [0.25, 0.3) is 0 Å². The van der Waals surface area contributed by atoms with E-state index in [1.54, 1.807) is 11.3 Å². The van der Waals surface area contributed by atoms with E-state index >= 15 is 0 Å². The Morgan fingerprint density at radius 3 is 2.83 bits per heavy atom. The van der Waals surface area contributed by atoms with Crippen LogP contribution in [0, 0.1) is 0 Å². The van der Waals surface area contributed by atoms with E-state index in [9.17, 15) is 9.59 Å². The molecule has 2 rings (SSSR count). The smallest absolute Gasteiger partial charge is 0.243 e. The van der Waals surface area contributed by atoms with Gasteiger partial charge >= 0.3 is 0 Å². The van der Waals surface area contributed by atoms with Crippen LogP contribution in [0.5, 0.6) is 0 Å². The number of hydrogen-bond acceptors (Lipinski definition) is 6. The molecular weight excluding hydrogens is 326 g/mol. The summed E-state index contributed by atoms with van der Waals surface area (Å²) in [4.78, 5) is 29.3. The lowest BCUT2D eigenvalue weighted by atomic mass is 10.2. The fourth-order valence-corrected chi connectivity index (χ4v) is 2.71. The lowest BCUT2D eigenvalue weighted by Gasteiger charge is -2.16. The van der Waals surface area contributed by atoms with E-state index in [0.29, 0.717) is 5.69 Å². The zero-order valence-electron chi connectivity index (χ0n) is 13.5. The van der Waals surface area contributed by atoms with Gasteiger partial charge in [-0.2, -0.15) is 0 Å². The van der Waals surface area contributed by atoms with Crippen molar-refractivity contribution in [2.75, 3.05) is 25.5 Å². The van der Waals surface area contributed by atoms with E-state index in [1.165, 1.54) is 0 Å². The van der Waals surface area contributed by atoms with Crippen LogP contribution in [0.3, 0.4) is 0 Å². The van der Waals surface area contributed by atoms with E-state index in [0.717, 1.165) is 24.3 Å². The molecule has 2 amide bonds. The molecule has 0 aliphatic rings. The molecule has 0 fully saturated rings. The number of rotatable bonds is 8. The lowest BCUT2D eigenvalue weighted by Crippen LogP contribution is -2.36. The first-order chi connectivity index (χ1) is 11.6. The molecule has 4 N–H and O–H groups in total. The van der Waals surface area contributed by atoms with Gasteiger partial charge in [0.15, 0.2) is 0 Å². The maximum atomic E-state index is 11.8. The Labute approximate surface area is 144 Å². The van der Waals surface area contributed by atoms with E-state index in [4.69, 9.17) is 5.73 Å². The number of anilines is 1. The summed E-state index contributed by atoms with van der Waals surface area (Å²) < 4.78 is 0. The molecule has 0 spiro atoms. The third-order valence-corrected chi connectivity index (χ3v) is 3.85. The van der Waals surface area contributed by atoms with Gasteiger partial charge in [-0.1, -0.05) is 12.1 Å². The van der Waals surface area contributed by atoms with Crippen molar-refractivity contribution in [1.82, 2.24) is 15.2 Å². The van der Waals surface area contributed by atoms with Gasteiger partial charge in [-0.3, -0.25) is 14.5 Å². The minimum atomic E-state index is -0.359. The van der Waals surface area contributed by atoms with E-state index in [-0.39, 0.29) is 24.9 Å². The van der Waals surface area contributed by atoms with E-state index < -0.39 is 0 Å². The van der Waals surface area contributed by atoms with Gasteiger partial charge in [0.2, 0.25) is 11.8 Å². The Balaban J connectivity index is 1.86. The molecule has 0 saturated carbocycles. The Morgan fingerprint density at radius 1 is 1.29 bits per heavy atom. The number of carbonyl (C=O) groups is 2. The fraction of sp³-hybridized carbons (Fsp3) is 0.312. The van der Waals surface area contributed by atoms with Crippen molar-refractivity contribution in [3.8, 4) is 0 Å². The molecular formula is C16H21N5O2S. The Kier molecular flexibility index (Phi) is 6.86. The first-order valence-corrected chi connectivity index (χ1v) is 8.42. The summed E-state index contributed by atoms with van der Waals surface area (Å²) in [5.41, 5.74) is 9.82. The van der Waals surface area contributed by atoms with Crippen molar-refractivity contribution >= 4 is 28.8 Å². The third kappa shape index (κ3) is 6.07. The second-order valence-corrected chi connectivity index (χ2v) is 6.10. The number of hydrogen-bond donors (Lipinski definition) is 3. The van der Waals surface area contributed by atoms with Crippen molar-refractivity contribution < 1.29 is 9.59 Å². The monoisotopic (exact) mass is 347 g/mol. The summed E-state index contributed by atoms with van der Waals surface area (Å²) in [5, 5.41) is 7.22. The molecule has 0 radical (unpaired) electrons. The minimum Gasteiger partial charge on any atom is -0.346 e. The normalized spacial score (nSPS) is 10.6. The average molecular weight is 347 g/mol. The molecule has 128 valence electrons. The zero-order valence-corrected chi connectivity index (χ0v) is 14.3. The van der Waals surface area contributed by atoms with Gasteiger partial charge in [-0.15, -0.1) is 11.3 Å². The van der Waals surface area contributed by atoms with Crippen molar-refractivity contribution in [2.24, 2.45) is 5.73 Å². The van der Waals surface area contributed by atoms with Crippen LogP contribution in [0.15, 0.2) is 35.2 Å². The van der Waals surface area contributed by atoms with Gasteiger partial charge in [-0.05, 0) is 24.7 Å². The number of amides is 2. The molecule has 1 aromatic heterocycles. The van der Waals surface area contributed by atoms with Crippen LogP contribution in [0.1, 0.15) is 11.3 Å². The van der Waals surface area contributed by atoms with Crippen LogP contribution >= 0.6 is 11.3 Å². The molecule has 24 heavy (non-hydrogen) atoms. The number of aromatic nitrogens is 1. The molecule has 0 atom stereocenters. The molecule has 0 saturated heterocycles. The highest BCUT2D eigenvalue weighted by Crippen LogP contribution is 2.13. The molecule has 0 aliphatic carbocycles. The predicted molar refractivity (Wildman–Crippen MR) is 94.4 cm³/mol. The highest BCUT2D eigenvalue weighted by Gasteiger charge is 2.07. The number of nitrogens with zero attached hydrogens (tertiary/aromatic N) is 2. The molecule has 0 bridgehead atoms. The lowest BCUT2D eigenvalue weighted by molar-refractivity contribution is -0.123. The first kappa shape index (κ1) is 18.1. The molecule has 1 heterocycles. The van der Waals surface area contributed by atoms with Crippen LogP contribution in [0.4, 0.5) is 5.69 Å². The summed E-state index contributed by atoms with van der Waals surface area (Å²) in [6, 6.07) is 7.62. The summed E-state index contributed by atoms with van der Waals surface area (Å²) >= 11 is 1.58. The fourth-order valence-electron chi connectivity index (χ4n) is 2.16. The Morgan fingerprint density at radius 2 is 2.12 bits per heavy atom. The van der Waals surface area contributed by atoms with Gasteiger partial charge in [0.1, 0.15) is 0 Å². The van der Waals surface area contributed by atoms with Gasteiger partial charge in [0, 0.05) is 24.2 Å². The van der Waals surface area contributed by atoms with Gasteiger partial charge < -0.3 is 16.4 Å². The second-order valence-electron chi connectivity index (χ2n) is 5.38. The quantitative estimate of drug-likeness (QED) is 0.655. The third-order valence-electron chi connectivity index (χ3n) is 3.21.